The molecule has 22 heavy (non-hydrogen) atoms. The molecule has 2 aliphatic rings. The number of aliphatic hydroxyl groups is 1. The van der Waals surface area contributed by atoms with E-state index in [0.29, 0.717) is 6.54 Å². The summed E-state index contributed by atoms with van der Waals surface area (Å²) < 4.78 is 0. The van der Waals surface area contributed by atoms with Crippen molar-refractivity contribution in [3.63, 3.8) is 0 Å². The van der Waals surface area contributed by atoms with Crippen LogP contribution in [0.5, 0.6) is 0 Å². The van der Waals surface area contributed by atoms with Crippen molar-refractivity contribution in [1.29, 1.82) is 0 Å². The van der Waals surface area contributed by atoms with E-state index in [1.807, 2.05) is 11.8 Å². The molecule has 5 heteroatoms. The van der Waals surface area contributed by atoms with E-state index in [9.17, 15) is 9.90 Å². The molecule has 2 atom stereocenters. The number of fused-ring (bicyclic) bond motifs is 1. The summed E-state index contributed by atoms with van der Waals surface area (Å²) in [6.07, 6.45) is 4.75. The maximum absolute atomic E-state index is 12.7. The van der Waals surface area contributed by atoms with Crippen molar-refractivity contribution in [2.45, 2.75) is 57.7 Å². The maximum Gasteiger partial charge on any atom is 0.237 e. The summed E-state index contributed by atoms with van der Waals surface area (Å²) in [6, 6.07) is 2.30. The first-order chi connectivity index (χ1) is 10.7. The van der Waals surface area contributed by atoms with Crippen LogP contribution in [0.2, 0.25) is 0 Å². The molecule has 1 N–H and O–H groups in total. The van der Waals surface area contributed by atoms with Crippen molar-refractivity contribution < 1.29 is 9.90 Å². The Kier molecular flexibility index (Phi) is 5.16. The number of thiophene rings is 1. The van der Waals surface area contributed by atoms with Crippen LogP contribution in [0.15, 0.2) is 11.4 Å². The number of carbonyl (C=O) groups excluding carboxylic acids is 1. The average Bonchev–Trinajstić information content (AvgIpc) is 3.02. The maximum atomic E-state index is 12.7. The van der Waals surface area contributed by atoms with E-state index < -0.39 is 0 Å². The molecular formula is C17H26N2O2S. The SMILES string of the molecule is CCC(O)C1CCCCN1CC(=O)N1CCc2sccc2C1. The largest absolute Gasteiger partial charge is 0.392 e. The average molecular weight is 322 g/mol. The molecule has 0 bridgehead atoms. The quantitative estimate of drug-likeness (QED) is 0.925. The fourth-order valence-electron chi connectivity index (χ4n) is 3.66. The van der Waals surface area contributed by atoms with Gasteiger partial charge >= 0.3 is 0 Å². The number of piperidine rings is 1. The number of nitrogens with zero attached hydrogens (tertiary/aromatic N) is 2. The van der Waals surface area contributed by atoms with Crippen LogP contribution >= 0.6 is 11.3 Å². The monoisotopic (exact) mass is 322 g/mol. The molecule has 1 amide bonds. The molecule has 4 nitrogen and oxygen atoms in total. The van der Waals surface area contributed by atoms with Gasteiger partial charge in [-0.15, -0.1) is 11.3 Å². The van der Waals surface area contributed by atoms with E-state index in [0.717, 1.165) is 51.7 Å². The number of amides is 1. The van der Waals surface area contributed by atoms with Crippen molar-refractivity contribution in [2.75, 3.05) is 19.6 Å². The highest BCUT2D eigenvalue weighted by Crippen LogP contribution is 2.25. The first kappa shape index (κ1) is 16.0. The number of carbonyl (C=O) groups is 1. The molecule has 2 aliphatic heterocycles. The Bertz CT molecular complexity index is 517. The van der Waals surface area contributed by atoms with Crippen LogP contribution in [0.3, 0.4) is 0 Å². The summed E-state index contributed by atoms with van der Waals surface area (Å²) >= 11 is 1.80. The lowest BCUT2D eigenvalue weighted by atomic mass is 9.96. The lowest BCUT2D eigenvalue weighted by Crippen LogP contribution is -2.51. The van der Waals surface area contributed by atoms with Crippen LogP contribution in [-0.4, -0.2) is 52.6 Å². The fraction of sp³-hybridized carbons (Fsp3) is 0.706. The molecule has 0 saturated carbocycles. The van der Waals surface area contributed by atoms with E-state index >= 15 is 0 Å². The van der Waals surface area contributed by atoms with Gasteiger partial charge in [-0.1, -0.05) is 13.3 Å². The van der Waals surface area contributed by atoms with Gasteiger partial charge in [-0.3, -0.25) is 9.69 Å². The normalized spacial score (nSPS) is 24.1. The van der Waals surface area contributed by atoms with Crippen LogP contribution in [-0.2, 0) is 17.8 Å². The highest BCUT2D eigenvalue weighted by atomic mass is 32.1. The molecular weight excluding hydrogens is 296 g/mol. The van der Waals surface area contributed by atoms with Gasteiger partial charge in [0, 0.05) is 24.0 Å². The van der Waals surface area contributed by atoms with Crippen molar-refractivity contribution in [3.05, 3.63) is 21.9 Å². The highest BCUT2D eigenvalue weighted by molar-refractivity contribution is 7.10. The van der Waals surface area contributed by atoms with Crippen molar-refractivity contribution in [2.24, 2.45) is 0 Å². The number of hydrogen-bond donors (Lipinski definition) is 1. The third kappa shape index (κ3) is 3.36. The summed E-state index contributed by atoms with van der Waals surface area (Å²) in [7, 11) is 0. The number of hydrogen-bond acceptors (Lipinski definition) is 4. The second-order valence-electron chi connectivity index (χ2n) is 6.44. The van der Waals surface area contributed by atoms with E-state index in [4.69, 9.17) is 0 Å². The van der Waals surface area contributed by atoms with Crippen molar-refractivity contribution in [1.82, 2.24) is 9.80 Å². The smallest absolute Gasteiger partial charge is 0.237 e. The summed E-state index contributed by atoms with van der Waals surface area (Å²) in [5.74, 6) is 0.215. The summed E-state index contributed by atoms with van der Waals surface area (Å²) in [5, 5.41) is 12.3. The van der Waals surface area contributed by atoms with Gasteiger partial charge in [-0.2, -0.15) is 0 Å². The molecule has 1 aromatic rings. The molecule has 1 saturated heterocycles. The van der Waals surface area contributed by atoms with Gasteiger partial charge in [0.25, 0.3) is 0 Å². The number of aliphatic hydroxyl groups excluding tert-OH is 1. The van der Waals surface area contributed by atoms with Crippen LogP contribution in [0.4, 0.5) is 0 Å². The molecule has 3 heterocycles. The highest BCUT2D eigenvalue weighted by Gasteiger charge is 2.31. The minimum absolute atomic E-state index is 0.157. The minimum Gasteiger partial charge on any atom is -0.392 e. The molecule has 3 rings (SSSR count). The van der Waals surface area contributed by atoms with E-state index in [-0.39, 0.29) is 18.1 Å². The Labute approximate surface area is 136 Å². The minimum atomic E-state index is -0.307. The summed E-state index contributed by atoms with van der Waals surface area (Å²) in [4.78, 5) is 18.3. The van der Waals surface area contributed by atoms with Gasteiger partial charge in [-0.05, 0) is 49.2 Å². The first-order valence-electron chi connectivity index (χ1n) is 8.44. The van der Waals surface area contributed by atoms with Crippen molar-refractivity contribution >= 4 is 17.2 Å². The van der Waals surface area contributed by atoms with E-state index in [1.165, 1.54) is 10.4 Å². The molecule has 2 unspecified atom stereocenters. The molecule has 0 spiro atoms. The molecule has 122 valence electrons. The zero-order chi connectivity index (χ0) is 15.5. The van der Waals surface area contributed by atoms with Crippen LogP contribution in [0.25, 0.3) is 0 Å². The summed E-state index contributed by atoms with van der Waals surface area (Å²) in [5.41, 5.74) is 1.31. The fourth-order valence-corrected chi connectivity index (χ4v) is 4.55. The van der Waals surface area contributed by atoms with E-state index in [2.05, 4.69) is 16.3 Å². The lowest BCUT2D eigenvalue weighted by Gasteiger charge is -2.39. The topological polar surface area (TPSA) is 43.8 Å². The summed E-state index contributed by atoms with van der Waals surface area (Å²) in [6.45, 7) is 5.00. The Morgan fingerprint density at radius 1 is 1.45 bits per heavy atom. The lowest BCUT2D eigenvalue weighted by molar-refractivity contribution is -0.135. The van der Waals surface area contributed by atoms with Gasteiger partial charge < -0.3 is 10.0 Å². The van der Waals surface area contributed by atoms with Gasteiger partial charge in [0.05, 0.1) is 12.6 Å². The van der Waals surface area contributed by atoms with Crippen LogP contribution < -0.4 is 0 Å². The predicted molar refractivity (Wildman–Crippen MR) is 88.9 cm³/mol. The first-order valence-corrected chi connectivity index (χ1v) is 9.32. The Morgan fingerprint density at radius 3 is 3.14 bits per heavy atom. The molecule has 1 aromatic heterocycles. The van der Waals surface area contributed by atoms with Gasteiger partial charge in [-0.25, -0.2) is 0 Å². The number of rotatable bonds is 4. The van der Waals surface area contributed by atoms with Gasteiger partial charge in [0.1, 0.15) is 0 Å². The zero-order valence-corrected chi connectivity index (χ0v) is 14.1. The van der Waals surface area contributed by atoms with Crippen LogP contribution in [0.1, 0.15) is 43.0 Å². The Morgan fingerprint density at radius 2 is 2.32 bits per heavy atom. The predicted octanol–water partition coefficient (Wildman–Crippen LogP) is 2.26. The molecule has 0 aliphatic carbocycles. The van der Waals surface area contributed by atoms with Crippen molar-refractivity contribution in [3.8, 4) is 0 Å². The molecule has 0 aromatic carbocycles. The third-order valence-electron chi connectivity index (χ3n) is 5.03. The molecule has 0 radical (unpaired) electrons. The van der Waals surface area contributed by atoms with E-state index in [1.54, 1.807) is 11.3 Å². The number of likely N-dealkylation sites (tertiary alicyclic amines) is 1. The third-order valence-corrected chi connectivity index (χ3v) is 6.05. The Balaban J connectivity index is 1.61. The second-order valence-corrected chi connectivity index (χ2v) is 7.44. The van der Waals surface area contributed by atoms with Crippen LogP contribution in [0, 0.1) is 0 Å². The zero-order valence-electron chi connectivity index (χ0n) is 13.3. The van der Waals surface area contributed by atoms with Gasteiger partial charge in [0.2, 0.25) is 5.91 Å². The van der Waals surface area contributed by atoms with Gasteiger partial charge in [0.15, 0.2) is 0 Å². The standard InChI is InChI=1S/C17H26N2O2S/c1-2-15(20)14-5-3-4-8-18(14)12-17(21)19-9-6-16-13(11-19)7-10-22-16/h7,10,14-15,20H,2-6,8-9,11-12H2,1H3. The second kappa shape index (κ2) is 7.11. The molecule has 1 fully saturated rings. The Hall–Kier alpha value is -0.910.